The Bertz CT molecular complexity index is 614. The summed E-state index contributed by atoms with van der Waals surface area (Å²) < 4.78 is 19.4. The summed E-state index contributed by atoms with van der Waals surface area (Å²) in [7, 11) is 1.47. The van der Waals surface area contributed by atoms with Crippen molar-refractivity contribution in [2.75, 3.05) is 7.11 Å². The molecule has 3 rings (SSSR count). The Morgan fingerprint density at radius 2 is 2.05 bits per heavy atom. The van der Waals surface area contributed by atoms with Gasteiger partial charge in [-0.2, -0.15) is 0 Å². The molecule has 0 bridgehead atoms. The number of benzene rings is 1. The van der Waals surface area contributed by atoms with Crippen LogP contribution in [0.5, 0.6) is 5.75 Å². The molecule has 0 saturated heterocycles. The predicted molar refractivity (Wildman–Crippen MR) is 84.6 cm³/mol. The topological polar surface area (TPSA) is 35.2 Å². The molecular formula is C17H20FNOS. The maximum absolute atomic E-state index is 14.4. The van der Waals surface area contributed by atoms with Crippen molar-refractivity contribution >= 4 is 11.3 Å². The van der Waals surface area contributed by atoms with Crippen LogP contribution in [0.1, 0.15) is 46.2 Å². The summed E-state index contributed by atoms with van der Waals surface area (Å²) in [5.74, 6) is -0.0998. The molecule has 1 aliphatic rings. The molecule has 1 unspecified atom stereocenters. The van der Waals surface area contributed by atoms with E-state index >= 15 is 0 Å². The van der Waals surface area contributed by atoms with E-state index in [4.69, 9.17) is 10.5 Å². The molecule has 2 N–H and O–H groups in total. The van der Waals surface area contributed by atoms with Gasteiger partial charge in [0, 0.05) is 15.3 Å². The van der Waals surface area contributed by atoms with Crippen LogP contribution in [0.15, 0.2) is 24.3 Å². The molecule has 0 saturated carbocycles. The normalized spacial score (nSPS) is 16.1. The first-order valence-electron chi connectivity index (χ1n) is 7.40. The van der Waals surface area contributed by atoms with Gasteiger partial charge in [0.25, 0.3) is 0 Å². The molecule has 2 aromatic rings. The average Bonchev–Trinajstić information content (AvgIpc) is 2.78. The third-order valence-electron chi connectivity index (χ3n) is 4.12. The molecule has 0 radical (unpaired) electrons. The third kappa shape index (κ3) is 2.83. The van der Waals surface area contributed by atoms with Gasteiger partial charge in [0.2, 0.25) is 0 Å². The number of rotatable bonds is 3. The number of fused-ring (bicyclic) bond motifs is 1. The van der Waals surface area contributed by atoms with Gasteiger partial charge in [-0.1, -0.05) is 18.6 Å². The number of methoxy groups -OCH3 is 1. The fourth-order valence-corrected chi connectivity index (χ4v) is 4.20. The highest BCUT2D eigenvalue weighted by Crippen LogP contribution is 2.35. The Labute approximate surface area is 128 Å². The van der Waals surface area contributed by atoms with Crippen molar-refractivity contribution in [2.24, 2.45) is 5.73 Å². The van der Waals surface area contributed by atoms with Gasteiger partial charge in [-0.05, 0) is 43.4 Å². The first kappa shape index (κ1) is 14.5. The van der Waals surface area contributed by atoms with Crippen molar-refractivity contribution in [3.63, 3.8) is 0 Å². The molecule has 0 fully saturated rings. The Kier molecular flexibility index (Phi) is 4.27. The molecule has 2 nitrogen and oxygen atoms in total. The lowest BCUT2D eigenvalue weighted by molar-refractivity contribution is 0.383. The Morgan fingerprint density at radius 1 is 1.24 bits per heavy atom. The van der Waals surface area contributed by atoms with Crippen molar-refractivity contribution in [3.8, 4) is 5.75 Å². The second-order valence-electron chi connectivity index (χ2n) is 5.50. The summed E-state index contributed by atoms with van der Waals surface area (Å²) in [5.41, 5.74) is 8.22. The fourth-order valence-electron chi connectivity index (χ4n) is 2.92. The average molecular weight is 305 g/mol. The van der Waals surface area contributed by atoms with E-state index in [-0.39, 0.29) is 11.6 Å². The van der Waals surface area contributed by atoms with E-state index in [1.165, 1.54) is 36.8 Å². The number of hydrogen-bond donors (Lipinski definition) is 1. The van der Waals surface area contributed by atoms with Gasteiger partial charge in [0.1, 0.15) is 0 Å². The van der Waals surface area contributed by atoms with Crippen LogP contribution in [0, 0.1) is 5.82 Å². The maximum Gasteiger partial charge on any atom is 0.170 e. The Morgan fingerprint density at radius 3 is 2.86 bits per heavy atom. The van der Waals surface area contributed by atoms with E-state index in [0.29, 0.717) is 5.56 Å². The summed E-state index contributed by atoms with van der Waals surface area (Å²) in [4.78, 5) is 2.48. The first-order valence-corrected chi connectivity index (χ1v) is 8.22. The minimum atomic E-state index is -0.419. The number of thiophene rings is 1. The van der Waals surface area contributed by atoms with Crippen LogP contribution < -0.4 is 10.5 Å². The highest BCUT2D eigenvalue weighted by molar-refractivity contribution is 7.12. The molecule has 4 heteroatoms. The summed E-state index contributed by atoms with van der Waals surface area (Å²) in [6.45, 7) is 0. The number of ether oxygens (including phenoxy) is 1. The summed E-state index contributed by atoms with van der Waals surface area (Å²) >= 11 is 1.74. The second-order valence-corrected chi connectivity index (χ2v) is 6.67. The van der Waals surface area contributed by atoms with Gasteiger partial charge in [0.15, 0.2) is 11.6 Å². The first-order chi connectivity index (χ1) is 10.2. The van der Waals surface area contributed by atoms with Crippen LogP contribution in [-0.4, -0.2) is 7.11 Å². The highest BCUT2D eigenvalue weighted by atomic mass is 32.1. The molecule has 21 heavy (non-hydrogen) atoms. The van der Waals surface area contributed by atoms with Gasteiger partial charge in [-0.25, -0.2) is 4.39 Å². The monoisotopic (exact) mass is 305 g/mol. The lowest BCUT2D eigenvalue weighted by Gasteiger charge is -2.13. The van der Waals surface area contributed by atoms with Crippen molar-refractivity contribution in [1.29, 1.82) is 0 Å². The highest BCUT2D eigenvalue weighted by Gasteiger charge is 2.21. The lowest BCUT2D eigenvalue weighted by atomic mass is 10.0. The van der Waals surface area contributed by atoms with Gasteiger partial charge in [0.05, 0.1) is 13.2 Å². The van der Waals surface area contributed by atoms with E-state index in [2.05, 4.69) is 6.07 Å². The van der Waals surface area contributed by atoms with Crippen LogP contribution >= 0.6 is 11.3 Å². The van der Waals surface area contributed by atoms with Gasteiger partial charge >= 0.3 is 0 Å². The van der Waals surface area contributed by atoms with E-state index < -0.39 is 6.04 Å². The molecule has 0 spiro atoms. The largest absolute Gasteiger partial charge is 0.494 e. The summed E-state index contributed by atoms with van der Waals surface area (Å²) in [6, 6.07) is 6.91. The molecule has 0 amide bonds. The maximum atomic E-state index is 14.4. The van der Waals surface area contributed by atoms with E-state index in [1.807, 2.05) is 0 Å². The van der Waals surface area contributed by atoms with Crippen LogP contribution in [0.4, 0.5) is 4.39 Å². The number of nitrogens with two attached hydrogens (primary N) is 1. The number of aryl methyl sites for hydroxylation is 2. The van der Waals surface area contributed by atoms with Crippen LogP contribution in [0.2, 0.25) is 0 Å². The molecule has 1 atom stereocenters. The zero-order valence-electron chi connectivity index (χ0n) is 12.2. The van der Waals surface area contributed by atoms with Gasteiger partial charge in [-0.15, -0.1) is 11.3 Å². The number of hydrogen-bond acceptors (Lipinski definition) is 3. The minimum absolute atomic E-state index is 0.251. The third-order valence-corrected chi connectivity index (χ3v) is 5.44. The number of halogens is 1. The molecule has 1 heterocycles. The van der Waals surface area contributed by atoms with E-state index in [0.717, 1.165) is 17.7 Å². The Hall–Kier alpha value is -1.39. The minimum Gasteiger partial charge on any atom is -0.494 e. The molecule has 112 valence electrons. The van der Waals surface area contributed by atoms with Crippen molar-refractivity contribution < 1.29 is 9.13 Å². The molecule has 1 aliphatic carbocycles. The van der Waals surface area contributed by atoms with E-state index in [1.54, 1.807) is 29.5 Å². The van der Waals surface area contributed by atoms with Crippen molar-refractivity contribution in [3.05, 3.63) is 51.0 Å². The summed E-state index contributed by atoms with van der Waals surface area (Å²) in [6.07, 6.45) is 6.04. The molecule has 1 aromatic carbocycles. The standard InChI is InChI=1S/C17H20FNOS/c1-20-13-8-5-7-12(16(13)18)17(19)15-10-11-6-3-2-4-9-14(11)21-15/h5,7-8,10,17H,2-4,6,9,19H2,1H3. The predicted octanol–water partition coefficient (Wildman–Crippen LogP) is 4.21. The SMILES string of the molecule is COc1cccc(C(N)c2cc3c(s2)CCCCC3)c1F. The fraction of sp³-hybridized carbons (Fsp3) is 0.412. The molecule has 0 aliphatic heterocycles. The van der Waals surface area contributed by atoms with Crippen LogP contribution in [-0.2, 0) is 12.8 Å². The van der Waals surface area contributed by atoms with Crippen molar-refractivity contribution in [1.82, 2.24) is 0 Å². The zero-order chi connectivity index (χ0) is 14.8. The quantitative estimate of drug-likeness (QED) is 0.862. The molecular weight excluding hydrogens is 285 g/mol. The smallest absolute Gasteiger partial charge is 0.170 e. The lowest BCUT2D eigenvalue weighted by Crippen LogP contribution is -2.12. The summed E-state index contributed by atoms with van der Waals surface area (Å²) in [5, 5.41) is 0. The van der Waals surface area contributed by atoms with E-state index in [9.17, 15) is 4.39 Å². The Balaban J connectivity index is 1.94. The van der Waals surface area contributed by atoms with Crippen molar-refractivity contribution in [2.45, 2.75) is 38.1 Å². The van der Waals surface area contributed by atoms with Crippen LogP contribution in [0.3, 0.4) is 0 Å². The second kappa shape index (κ2) is 6.16. The molecule has 1 aromatic heterocycles. The zero-order valence-corrected chi connectivity index (χ0v) is 13.0. The van der Waals surface area contributed by atoms with Crippen LogP contribution in [0.25, 0.3) is 0 Å². The van der Waals surface area contributed by atoms with Gasteiger partial charge in [-0.3, -0.25) is 0 Å². The van der Waals surface area contributed by atoms with Gasteiger partial charge < -0.3 is 10.5 Å².